The Labute approximate surface area is 256 Å². The highest BCUT2D eigenvalue weighted by Gasteiger charge is 2.36. The SMILES string of the molecule is Cn1cc(NC(=O)OC(C)(C)C)nc1C(=O)Nc1ccc2nc(C(=O)N3C[C@@H](CCl)c4c3cc(O)c3ccccc43)oc2c1. The Hall–Kier alpha value is -5.10. The Morgan fingerprint density at radius 3 is 2.57 bits per heavy atom. The highest BCUT2D eigenvalue weighted by Crippen LogP contribution is 2.45. The minimum atomic E-state index is -0.690. The fourth-order valence-corrected chi connectivity index (χ4v) is 5.54. The lowest BCUT2D eigenvalue weighted by molar-refractivity contribution is 0.0634. The molecule has 44 heavy (non-hydrogen) atoms. The van der Waals surface area contributed by atoms with Crippen molar-refractivity contribution in [1.82, 2.24) is 14.5 Å². The number of ether oxygens (including phenoxy) is 1. The molecule has 1 aliphatic rings. The molecule has 6 rings (SSSR count). The fraction of sp³-hybridized carbons (Fsp3) is 0.258. The van der Waals surface area contributed by atoms with Crippen LogP contribution < -0.4 is 15.5 Å². The first kappa shape index (κ1) is 29.0. The van der Waals surface area contributed by atoms with Crippen molar-refractivity contribution >= 4 is 68.6 Å². The van der Waals surface area contributed by atoms with Gasteiger partial charge in [0.25, 0.3) is 11.8 Å². The van der Waals surface area contributed by atoms with Crippen molar-refractivity contribution in [2.75, 3.05) is 28.0 Å². The van der Waals surface area contributed by atoms with Gasteiger partial charge in [-0.2, -0.15) is 0 Å². The zero-order valence-corrected chi connectivity index (χ0v) is 25.1. The highest BCUT2D eigenvalue weighted by atomic mass is 35.5. The molecule has 5 aromatic rings. The molecule has 226 valence electrons. The third-order valence-electron chi connectivity index (χ3n) is 7.11. The summed E-state index contributed by atoms with van der Waals surface area (Å²) in [4.78, 5) is 48.8. The number of carbonyl (C=O) groups excluding carboxylic acids is 3. The lowest BCUT2D eigenvalue weighted by Gasteiger charge is -2.18. The van der Waals surface area contributed by atoms with E-state index >= 15 is 0 Å². The number of fused-ring (bicyclic) bond motifs is 4. The molecule has 3 heterocycles. The van der Waals surface area contributed by atoms with Gasteiger partial charge < -0.3 is 29.0 Å². The van der Waals surface area contributed by atoms with Crippen LogP contribution in [0.4, 0.5) is 22.0 Å². The number of phenols is 1. The lowest BCUT2D eigenvalue weighted by Crippen LogP contribution is -2.30. The molecule has 0 bridgehead atoms. The Morgan fingerprint density at radius 1 is 1.09 bits per heavy atom. The topological polar surface area (TPSA) is 152 Å². The van der Waals surface area contributed by atoms with E-state index in [-0.39, 0.29) is 40.7 Å². The Balaban J connectivity index is 1.22. The molecule has 0 unspecified atom stereocenters. The first-order valence-corrected chi connectivity index (χ1v) is 14.3. The van der Waals surface area contributed by atoms with Crippen molar-refractivity contribution in [2.24, 2.45) is 7.05 Å². The predicted molar refractivity (Wildman–Crippen MR) is 166 cm³/mol. The van der Waals surface area contributed by atoms with E-state index in [0.717, 1.165) is 10.9 Å². The van der Waals surface area contributed by atoms with Gasteiger partial charge >= 0.3 is 12.0 Å². The van der Waals surface area contributed by atoms with Gasteiger partial charge in [-0.25, -0.2) is 14.8 Å². The molecule has 13 heteroatoms. The Kier molecular flexibility index (Phi) is 7.16. The quantitative estimate of drug-likeness (QED) is 0.203. The van der Waals surface area contributed by atoms with Crippen LogP contribution in [0.3, 0.4) is 0 Å². The van der Waals surface area contributed by atoms with E-state index in [2.05, 4.69) is 20.6 Å². The van der Waals surface area contributed by atoms with Crippen molar-refractivity contribution < 1.29 is 28.6 Å². The van der Waals surface area contributed by atoms with Gasteiger partial charge in [-0.05, 0) is 43.9 Å². The molecule has 0 saturated carbocycles. The monoisotopic (exact) mass is 616 g/mol. The van der Waals surface area contributed by atoms with Crippen molar-refractivity contribution in [2.45, 2.75) is 32.3 Å². The minimum absolute atomic E-state index is 0.0434. The van der Waals surface area contributed by atoms with Crippen LogP contribution in [0.5, 0.6) is 5.75 Å². The third-order valence-corrected chi connectivity index (χ3v) is 7.49. The van der Waals surface area contributed by atoms with Crippen molar-refractivity contribution in [1.29, 1.82) is 0 Å². The molecule has 12 nitrogen and oxygen atoms in total. The molecular weight excluding hydrogens is 588 g/mol. The zero-order valence-electron chi connectivity index (χ0n) is 24.3. The normalized spacial score (nSPS) is 14.6. The molecule has 3 N–H and O–H groups in total. The van der Waals surface area contributed by atoms with Gasteiger partial charge in [0.2, 0.25) is 5.82 Å². The molecule has 0 fully saturated rings. The summed E-state index contributed by atoms with van der Waals surface area (Å²) in [5.41, 5.74) is 1.85. The van der Waals surface area contributed by atoms with Gasteiger partial charge in [0.05, 0.1) is 5.69 Å². The van der Waals surface area contributed by atoms with Gasteiger partial charge in [0, 0.05) is 54.8 Å². The number of benzene rings is 3. The number of hydrogen-bond donors (Lipinski definition) is 3. The Bertz CT molecular complexity index is 1960. The standard InChI is InChI=1S/C31H29ClN6O6/c1-31(2,3)44-30(42)36-24-15-37(4)26(35-24)27(40)33-17-9-10-20-23(11-17)43-28(34-20)29(41)38-14-16(13-32)25-19-8-6-5-7-18(19)22(39)12-21(25)38/h5-12,15-16,39H,13-14H2,1-4H3,(H,33,40)(H,36,42)/t16-/m1/s1. The number of oxazole rings is 1. The van der Waals surface area contributed by atoms with Gasteiger partial charge in [-0.3, -0.25) is 14.9 Å². The van der Waals surface area contributed by atoms with E-state index in [0.29, 0.717) is 28.8 Å². The van der Waals surface area contributed by atoms with E-state index in [1.54, 1.807) is 52.1 Å². The smallest absolute Gasteiger partial charge is 0.413 e. The van der Waals surface area contributed by atoms with Crippen molar-refractivity contribution in [3.05, 3.63) is 72.0 Å². The first-order chi connectivity index (χ1) is 20.9. The summed E-state index contributed by atoms with van der Waals surface area (Å²) in [6, 6.07) is 13.8. The van der Waals surface area contributed by atoms with Crippen LogP contribution in [0.1, 0.15) is 53.6 Å². The molecule has 0 spiro atoms. The highest BCUT2D eigenvalue weighted by molar-refractivity contribution is 6.19. The Morgan fingerprint density at radius 2 is 1.84 bits per heavy atom. The number of nitrogens with one attached hydrogen (secondary N) is 2. The van der Waals surface area contributed by atoms with Crippen LogP contribution in [0.25, 0.3) is 21.9 Å². The predicted octanol–water partition coefficient (Wildman–Crippen LogP) is 6.00. The number of hydrogen-bond acceptors (Lipinski definition) is 8. The molecule has 2 aromatic heterocycles. The van der Waals surface area contributed by atoms with Crippen molar-refractivity contribution in [3.63, 3.8) is 0 Å². The average molecular weight is 617 g/mol. The second kappa shape index (κ2) is 10.9. The summed E-state index contributed by atoms with van der Waals surface area (Å²) < 4.78 is 12.5. The van der Waals surface area contributed by atoms with Crippen LogP contribution in [0.15, 0.2) is 59.1 Å². The van der Waals surface area contributed by atoms with E-state index in [1.807, 2.05) is 24.3 Å². The number of halogens is 1. The largest absolute Gasteiger partial charge is 0.507 e. The molecular formula is C31H29ClN6O6. The summed E-state index contributed by atoms with van der Waals surface area (Å²) in [5, 5.41) is 17.5. The van der Waals surface area contributed by atoms with Gasteiger partial charge in [-0.15, -0.1) is 11.6 Å². The van der Waals surface area contributed by atoms with Crippen LogP contribution in [-0.4, -0.2) is 55.6 Å². The zero-order chi connectivity index (χ0) is 31.3. The van der Waals surface area contributed by atoms with Gasteiger partial charge in [-0.1, -0.05) is 24.3 Å². The molecule has 0 aliphatic carbocycles. The number of rotatable bonds is 5. The number of aromatic nitrogens is 3. The number of phenolic OH excluding ortho intramolecular Hbond substituents is 1. The number of nitrogens with zero attached hydrogens (tertiary/aromatic N) is 4. The number of aryl methyl sites for hydroxylation is 1. The average Bonchev–Trinajstić information content (AvgIpc) is 3.66. The third kappa shape index (κ3) is 5.39. The maximum absolute atomic E-state index is 13.7. The number of carbonyl (C=O) groups is 3. The summed E-state index contributed by atoms with van der Waals surface area (Å²) in [7, 11) is 1.62. The number of anilines is 3. The van der Waals surface area contributed by atoms with Crippen LogP contribution in [0.2, 0.25) is 0 Å². The maximum Gasteiger partial charge on any atom is 0.413 e. The molecule has 1 aliphatic heterocycles. The van der Waals surface area contributed by atoms with Crippen LogP contribution >= 0.6 is 11.6 Å². The second-order valence-corrected chi connectivity index (χ2v) is 11.8. The van der Waals surface area contributed by atoms with E-state index in [4.69, 9.17) is 20.8 Å². The summed E-state index contributed by atoms with van der Waals surface area (Å²) in [6.45, 7) is 5.52. The maximum atomic E-state index is 13.7. The number of alkyl halides is 1. The summed E-state index contributed by atoms with van der Waals surface area (Å²) in [6.07, 6.45) is 0.800. The van der Waals surface area contributed by atoms with E-state index < -0.39 is 23.5 Å². The van der Waals surface area contributed by atoms with Crippen LogP contribution in [-0.2, 0) is 11.8 Å². The molecule has 3 amide bonds. The molecule has 1 atom stereocenters. The molecule has 0 radical (unpaired) electrons. The van der Waals surface area contributed by atoms with Crippen LogP contribution in [0, 0.1) is 0 Å². The van der Waals surface area contributed by atoms with Gasteiger partial charge in [0.15, 0.2) is 11.4 Å². The van der Waals surface area contributed by atoms with E-state index in [9.17, 15) is 19.5 Å². The van der Waals surface area contributed by atoms with E-state index in [1.165, 1.54) is 15.7 Å². The number of amides is 3. The summed E-state index contributed by atoms with van der Waals surface area (Å²) >= 11 is 6.31. The molecule has 0 saturated heterocycles. The first-order valence-electron chi connectivity index (χ1n) is 13.8. The number of imidazole rings is 1. The molecule has 3 aromatic carbocycles. The summed E-state index contributed by atoms with van der Waals surface area (Å²) in [5.74, 6) is -0.746. The lowest BCUT2D eigenvalue weighted by atomic mass is 9.95. The minimum Gasteiger partial charge on any atom is -0.507 e. The van der Waals surface area contributed by atoms with Gasteiger partial charge in [0.1, 0.15) is 16.9 Å². The number of aromatic hydroxyl groups is 1. The second-order valence-electron chi connectivity index (χ2n) is 11.5. The fourth-order valence-electron chi connectivity index (χ4n) is 5.29. The van der Waals surface area contributed by atoms with Crippen molar-refractivity contribution in [3.8, 4) is 5.75 Å².